The van der Waals surface area contributed by atoms with Gasteiger partial charge in [-0.05, 0) is 45.8 Å². The van der Waals surface area contributed by atoms with Gasteiger partial charge in [0.05, 0.1) is 46.0 Å². The molecule has 48 heavy (non-hydrogen) atoms. The first kappa shape index (κ1) is 26.3. The Labute approximate surface area is 275 Å². The Morgan fingerprint density at radius 1 is 0.500 bits per heavy atom. The smallest absolute Gasteiger partial charge is 0.208 e. The lowest BCUT2D eigenvalue weighted by atomic mass is 9.97. The fourth-order valence-corrected chi connectivity index (χ4v) is 7.98. The van der Waals surface area contributed by atoms with Crippen LogP contribution < -0.4 is 0 Å². The summed E-state index contributed by atoms with van der Waals surface area (Å²) in [5.41, 5.74) is 6.38. The summed E-state index contributed by atoms with van der Waals surface area (Å²) in [4.78, 5) is 3.98. The summed E-state index contributed by atoms with van der Waals surface area (Å²) in [7, 11) is 0. The maximum absolute atomic E-state index is 10.8. The van der Waals surface area contributed by atoms with Crippen LogP contribution >= 0.6 is 0 Å². The molecule has 0 aliphatic heterocycles. The van der Waals surface area contributed by atoms with Gasteiger partial charge in [-0.25, -0.2) is 4.85 Å². The van der Waals surface area contributed by atoms with E-state index in [2.05, 4.69) is 154 Å². The molecule has 2 heterocycles. The third-order valence-corrected chi connectivity index (χ3v) is 9.92. The number of rotatable bonds is 2. The summed E-state index contributed by atoms with van der Waals surface area (Å²) in [6.45, 7) is 8.31. The standard InChI is InChI=1S/C44H24N4/c1-46-38-24-28(47-39-20-10-8-16-32(39)35-23-22-27-12-2-3-13-29(27)43(35)47)25-41(37(38)26-45)48-40-21-11-9-19-36(40)42-33-17-6-4-14-30(33)31-15-5-7-18-34(31)44(42)48/h2-25H. The number of hydrogen-bond donors (Lipinski definition) is 0. The second-order valence-corrected chi connectivity index (χ2v) is 12.3. The molecule has 0 atom stereocenters. The molecule has 8 aromatic carbocycles. The molecule has 0 saturated carbocycles. The zero-order valence-corrected chi connectivity index (χ0v) is 25.6. The van der Waals surface area contributed by atoms with Crippen molar-refractivity contribution in [2.24, 2.45) is 0 Å². The van der Waals surface area contributed by atoms with E-state index < -0.39 is 0 Å². The van der Waals surface area contributed by atoms with Gasteiger partial charge in [0.2, 0.25) is 5.69 Å². The second kappa shape index (κ2) is 9.81. The monoisotopic (exact) mass is 608 g/mol. The van der Waals surface area contributed by atoms with Crippen molar-refractivity contribution in [3.8, 4) is 17.4 Å². The van der Waals surface area contributed by atoms with Crippen LogP contribution in [-0.2, 0) is 0 Å². The van der Waals surface area contributed by atoms with Gasteiger partial charge >= 0.3 is 0 Å². The van der Waals surface area contributed by atoms with Gasteiger partial charge in [0, 0.05) is 38.0 Å². The molecule has 0 aliphatic rings. The number of para-hydroxylation sites is 2. The Morgan fingerprint density at radius 3 is 1.79 bits per heavy atom. The predicted molar refractivity (Wildman–Crippen MR) is 199 cm³/mol. The van der Waals surface area contributed by atoms with E-state index in [1.54, 1.807) is 0 Å². The van der Waals surface area contributed by atoms with Crippen molar-refractivity contribution in [2.45, 2.75) is 0 Å². The van der Waals surface area contributed by atoms with Crippen LogP contribution in [-0.4, -0.2) is 9.13 Å². The lowest BCUT2D eigenvalue weighted by Crippen LogP contribution is -2.02. The lowest BCUT2D eigenvalue weighted by Gasteiger charge is -2.17. The zero-order valence-electron chi connectivity index (χ0n) is 25.6. The van der Waals surface area contributed by atoms with Gasteiger partial charge in [0.1, 0.15) is 0 Å². The maximum atomic E-state index is 10.8. The van der Waals surface area contributed by atoms with Crippen molar-refractivity contribution in [3.63, 3.8) is 0 Å². The average Bonchev–Trinajstić information content (AvgIpc) is 3.68. The molecular weight excluding hydrogens is 585 g/mol. The molecule has 10 aromatic rings. The lowest BCUT2D eigenvalue weighted by molar-refractivity contribution is 1.13. The van der Waals surface area contributed by atoms with E-state index in [4.69, 9.17) is 6.57 Å². The molecule has 220 valence electrons. The highest BCUT2D eigenvalue weighted by Crippen LogP contribution is 2.45. The van der Waals surface area contributed by atoms with Crippen LogP contribution in [0.5, 0.6) is 0 Å². The number of aromatic nitrogens is 2. The summed E-state index contributed by atoms with van der Waals surface area (Å²) in [6, 6.07) is 53.2. The first-order valence-electron chi connectivity index (χ1n) is 16.0. The van der Waals surface area contributed by atoms with Crippen LogP contribution in [0.15, 0.2) is 146 Å². The van der Waals surface area contributed by atoms with E-state index >= 15 is 0 Å². The first-order valence-corrected chi connectivity index (χ1v) is 16.0. The summed E-state index contributed by atoms with van der Waals surface area (Å²) in [5, 5.41) is 22.2. The Morgan fingerprint density at radius 2 is 1.06 bits per heavy atom. The van der Waals surface area contributed by atoms with Crippen LogP contribution in [0.25, 0.3) is 92.1 Å². The van der Waals surface area contributed by atoms with Gasteiger partial charge in [0.25, 0.3) is 0 Å². The minimum absolute atomic E-state index is 0.326. The van der Waals surface area contributed by atoms with E-state index in [9.17, 15) is 5.26 Å². The van der Waals surface area contributed by atoms with Crippen LogP contribution in [0.4, 0.5) is 5.69 Å². The Kier molecular flexibility index (Phi) is 5.38. The van der Waals surface area contributed by atoms with E-state index in [-0.39, 0.29) is 0 Å². The predicted octanol–water partition coefficient (Wildman–Crippen LogP) is 11.8. The molecule has 0 N–H and O–H groups in total. The molecular formula is C44H24N4. The number of hydrogen-bond acceptors (Lipinski definition) is 1. The molecule has 0 aliphatic carbocycles. The molecule has 0 saturated heterocycles. The highest BCUT2D eigenvalue weighted by atomic mass is 15.0. The topological polar surface area (TPSA) is 38.0 Å². The van der Waals surface area contributed by atoms with E-state index in [0.717, 1.165) is 76.2 Å². The average molecular weight is 609 g/mol. The molecule has 4 nitrogen and oxygen atoms in total. The van der Waals surface area contributed by atoms with Crippen molar-refractivity contribution in [1.29, 1.82) is 5.26 Å². The largest absolute Gasteiger partial charge is 0.310 e. The zero-order chi connectivity index (χ0) is 31.9. The summed E-state index contributed by atoms with van der Waals surface area (Å²) in [5.74, 6) is 0. The van der Waals surface area contributed by atoms with Crippen molar-refractivity contribution < 1.29 is 0 Å². The van der Waals surface area contributed by atoms with Crippen LogP contribution in [0.1, 0.15) is 5.56 Å². The minimum atomic E-state index is 0.326. The molecule has 10 rings (SSSR count). The molecule has 0 bridgehead atoms. The van der Waals surface area contributed by atoms with Gasteiger partial charge in [-0.1, -0.05) is 121 Å². The number of nitrogens with zero attached hydrogens (tertiary/aromatic N) is 4. The Balaban J connectivity index is 1.43. The minimum Gasteiger partial charge on any atom is -0.310 e. The number of benzene rings is 8. The highest BCUT2D eigenvalue weighted by molar-refractivity contribution is 6.32. The highest BCUT2D eigenvalue weighted by Gasteiger charge is 2.23. The summed E-state index contributed by atoms with van der Waals surface area (Å²) >= 11 is 0. The van der Waals surface area contributed by atoms with Crippen molar-refractivity contribution in [1.82, 2.24) is 9.13 Å². The summed E-state index contributed by atoms with van der Waals surface area (Å²) < 4.78 is 4.50. The van der Waals surface area contributed by atoms with Crippen molar-refractivity contribution >= 4 is 81.6 Å². The van der Waals surface area contributed by atoms with Gasteiger partial charge in [-0.3, -0.25) is 0 Å². The summed E-state index contributed by atoms with van der Waals surface area (Å²) in [6.07, 6.45) is 0. The quantitative estimate of drug-likeness (QED) is 0.142. The Hall–Kier alpha value is -6.88. The van der Waals surface area contributed by atoms with Crippen LogP contribution in [0.3, 0.4) is 0 Å². The fourth-order valence-electron chi connectivity index (χ4n) is 7.98. The van der Waals surface area contributed by atoms with Crippen molar-refractivity contribution in [3.05, 3.63) is 163 Å². The van der Waals surface area contributed by atoms with Gasteiger partial charge in [-0.15, -0.1) is 0 Å². The van der Waals surface area contributed by atoms with E-state index in [1.165, 1.54) is 5.39 Å². The Bertz CT molecular complexity index is 3090. The molecule has 0 radical (unpaired) electrons. The van der Waals surface area contributed by atoms with Crippen molar-refractivity contribution in [2.75, 3.05) is 0 Å². The van der Waals surface area contributed by atoms with Crippen LogP contribution in [0.2, 0.25) is 0 Å². The molecule has 0 amide bonds. The fraction of sp³-hybridized carbons (Fsp3) is 0. The van der Waals surface area contributed by atoms with Gasteiger partial charge in [-0.2, -0.15) is 5.26 Å². The molecule has 4 heteroatoms. The first-order chi connectivity index (χ1) is 23.8. The molecule has 0 fully saturated rings. The normalized spacial score (nSPS) is 11.7. The van der Waals surface area contributed by atoms with Crippen LogP contribution in [0, 0.1) is 17.9 Å². The second-order valence-electron chi connectivity index (χ2n) is 12.3. The van der Waals surface area contributed by atoms with Gasteiger partial charge < -0.3 is 9.13 Å². The van der Waals surface area contributed by atoms with E-state index in [1.807, 2.05) is 12.1 Å². The number of nitriles is 1. The van der Waals surface area contributed by atoms with E-state index in [0.29, 0.717) is 16.9 Å². The third kappa shape index (κ3) is 3.41. The molecule has 0 spiro atoms. The number of fused-ring (bicyclic) bond motifs is 13. The maximum Gasteiger partial charge on any atom is 0.208 e. The van der Waals surface area contributed by atoms with Gasteiger partial charge in [0.15, 0.2) is 0 Å². The molecule has 2 aromatic heterocycles. The SMILES string of the molecule is [C-]#[N+]c1cc(-n2c3ccccc3c3ccc4ccccc4c32)cc(-n2c3ccccc3c3c4ccccc4c4ccccc4c32)c1C#N. The third-order valence-electron chi connectivity index (χ3n) is 9.92. The molecule has 0 unspecified atom stereocenters.